The molecule has 0 aliphatic rings. The number of unbranched alkanes of at least 4 members (excludes halogenated alkanes) is 8. The van der Waals surface area contributed by atoms with Gasteiger partial charge < -0.3 is 24.4 Å². The van der Waals surface area contributed by atoms with Crippen molar-refractivity contribution in [3.05, 3.63) is 29.3 Å². The van der Waals surface area contributed by atoms with Crippen LogP contribution in [0.3, 0.4) is 0 Å². The Kier molecular flexibility index (Phi) is 14.5. The average molecular weight is 547 g/mol. The van der Waals surface area contributed by atoms with Gasteiger partial charge in [-0.2, -0.15) is 0 Å². The van der Waals surface area contributed by atoms with Crippen LogP contribution in [0.25, 0.3) is 0 Å². The maximum Gasteiger partial charge on any atom is 0.433 e. The number of aliphatic hydroxyl groups is 1. The molecule has 0 spiro atoms. The summed E-state index contributed by atoms with van der Waals surface area (Å²) < 4.78 is 21.0. The first-order valence-corrected chi connectivity index (χ1v) is 14.8. The zero-order valence-electron chi connectivity index (χ0n) is 21.4. The predicted octanol–water partition coefficient (Wildman–Crippen LogP) is 5.97. The third-order valence-electron chi connectivity index (χ3n) is 5.36. The number of ether oxygens (including phenoxy) is 2. The highest BCUT2D eigenvalue weighted by Crippen LogP contribution is 2.39. The molecule has 0 amide bonds. The van der Waals surface area contributed by atoms with E-state index in [1.165, 1.54) is 57.2 Å². The highest BCUT2D eigenvalue weighted by molar-refractivity contribution is 8.14. The highest BCUT2D eigenvalue weighted by atomic mass is 32.2. The Hall–Kier alpha value is -1.71. The van der Waals surface area contributed by atoms with Crippen LogP contribution in [0, 0.1) is 0 Å². The Morgan fingerprint density at radius 1 is 0.972 bits per heavy atom. The van der Waals surface area contributed by atoms with E-state index >= 15 is 0 Å². The van der Waals surface area contributed by atoms with Gasteiger partial charge in [-0.3, -0.25) is 4.79 Å². The Balaban J connectivity index is 2.76. The molecule has 36 heavy (non-hydrogen) atoms. The number of hydrogen-bond donors (Lipinski definition) is 3. The van der Waals surface area contributed by atoms with E-state index in [0.717, 1.165) is 37.4 Å². The SMILES string of the molecule is CCCCCCCCCCCC(=O)SC(C)(O)Cc1cccc(OC(=O)P(=O)(O)O)c1C(=O)OCC. The third kappa shape index (κ3) is 12.5. The van der Waals surface area contributed by atoms with Gasteiger partial charge in [0.2, 0.25) is 0 Å². The van der Waals surface area contributed by atoms with E-state index in [4.69, 9.17) is 19.3 Å². The summed E-state index contributed by atoms with van der Waals surface area (Å²) in [5.74, 6) is -1.29. The van der Waals surface area contributed by atoms with Crippen LogP contribution in [0.4, 0.5) is 4.79 Å². The zero-order valence-corrected chi connectivity index (χ0v) is 23.1. The van der Waals surface area contributed by atoms with Crippen molar-refractivity contribution in [1.29, 1.82) is 0 Å². The van der Waals surface area contributed by atoms with Gasteiger partial charge in [0.1, 0.15) is 16.2 Å². The summed E-state index contributed by atoms with van der Waals surface area (Å²) in [5, 5.41) is 10.7. The van der Waals surface area contributed by atoms with Crippen molar-refractivity contribution in [2.45, 2.75) is 96.3 Å². The van der Waals surface area contributed by atoms with Crippen LogP contribution < -0.4 is 4.74 Å². The minimum Gasteiger partial charge on any atom is -0.462 e. The molecule has 0 aliphatic carbocycles. The molecule has 0 saturated heterocycles. The fourth-order valence-electron chi connectivity index (χ4n) is 3.66. The summed E-state index contributed by atoms with van der Waals surface area (Å²) in [6.07, 6.45) is 10.3. The minimum absolute atomic E-state index is 0.00140. The topological polar surface area (TPSA) is 147 Å². The Morgan fingerprint density at radius 3 is 2.11 bits per heavy atom. The smallest absolute Gasteiger partial charge is 0.433 e. The predicted molar refractivity (Wildman–Crippen MR) is 139 cm³/mol. The van der Waals surface area contributed by atoms with Crippen LogP contribution in [0.1, 0.15) is 101 Å². The summed E-state index contributed by atoms with van der Waals surface area (Å²) >= 11 is 0.764. The van der Waals surface area contributed by atoms with Crippen molar-refractivity contribution in [3.8, 4) is 5.75 Å². The molecule has 1 aromatic carbocycles. The van der Waals surface area contributed by atoms with Crippen LogP contribution in [-0.4, -0.2) is 43.2 Å². The monoisotopic (exact) mass is 546 g/mol. The van der Waals surface area contributed by atoms with E-state index in [2.05, 4.69) is 6.92 Å². The molecule has 0 heterocycles. The van der Waals surface area contributed by atoms with Crippen molar-refractivity contribution in [3.63, 3.8) is 0 Å². The number of benzene rings is 1. The number of hydrogen-bond acceptors (Lipinski definition) is 8. The molecule has 1 aromatic rings. The van der Waals surface area contributed by atoms with E-state index < -0.39 is 30.0 Å². The van der Waals surface area contributed by atoms with Gasteiger partial charge in [-0.15, -0.1) is 0 Å². The van der Waals surface area contributed by atoms with E-state index in [1.807, 2.05) is 0 Å². The first kappa shape index (κ1) is 32.3. The van der Waals surface area contributed by atoms with Crippen molar-refractivity contribution in [1.82, 2.24) is 0 Å². The number of thioether (sulfide) groups is 1. The van der Waals surface area contributed by atoms with E-state index in [1.54, 1.807) is 6.92 Å². The minimum atomic E-state index is -5.20. The number of carbonyl (C=O) groups excluding carboxylic acids is 3. The van der Waals surface area contributed by atoms with Crippen LogP contribution in [0.2, 0.25) is 0 Å². The lowest BCUT2D eigenvalue weighted by atomic mass is 10.0. The molecule has 0 aliphatic heterocycles. The number of carbonyl (C=O) groups is 3. The van der Waals surface area contributed by atoms with E-state index in [0.29, 0.717) is 6.42 Å². The Labute approximate surface area is 217 Å². The van der Waals surface area contributed by atoms with Gasteiger partial charge in [0.05, 0.1) is 6.61 Å². The van der Waals surface area contributed by atoms with Crippen LogP contribution in [0.5, 0.6) is 5.75 Å². The molecular formula is C25H39O9PS. The molecule has 0 fully saturated rings. The third-order valence-corrected chi connectivity index (χ3v) is 6.95. The first-order valence-electron chi connectivity index (χ1n) is 12.4. The highest BCUT2D eigenvalue weighted by Gasteiger charge is 2.33. The van der Waals surface area contributed by atoms with Gasteiger partial charge in [0.15, 0.2) is 5.12 Å². The molecule has 1 atom stereocenters. The lowest BCUT2D eigenvalue weighted by Gasteiger charge is -2.23. The molecule has 1 unspecified atom stereocenters. The van der Waals surface area contributed by atoms with Crippen molar-refractivity contribution >= 4 is 36.2 Å². The maximum atomic E-state index is 12.6. The molecule has 204 valence electrons. The Morgan fingerprint density at radius 2 is 1.56 bits per heavy atom. The van der Waals surface area contributed by atoms with Gasteiger partial charge >= 0.3 is 19.3 Å². The molecular weight excluding hydrogens is 507 g/mol. The van der Waals surface area contributed by atoms with E-state index in [9.17, 15) is 24.1 Å². The molecule has 11 heteroatoms. The zero-order chi connectivity index (χ0) is 27.2. The van der Waals surface area contributed by atoms with Crippen molar-refractivity contribution in [2.24, 2.45) is 0 Å². The fraction of sp³-hybridized carbons (Fsp3) is 0.640. The summed E-state index contributed by atoms with van der Waals surface area (Å²) in [4.78, 5) is 53.2. The standard InChI is InChI=1S/C25H39O9PS/c1-4-6-7-8-9-10-11-12-13-17-21(26)36-25(3,29)18-19-15-14-16-20(22(19)23(27)33-5-2)34-24(28)35(30,31)32/h14-16,29H,4-13,17-18H2,1-3H3,(H2,30,31,32). The van der Waals surface area contributed by atoms with E-state index in [-0.39, 0.29) is 29.3 Å². The molecule has 0 saturated carbocycles. The number of rotatable bonds is 17. The fourth-order valence-corrected chi connectivity index (χ4v) is 4.84. The lowest BCUT2D eigenvalue weighted by Crippen LogP contribution is -2.26. The normalized spacial score (nSPS) is 13.2. The quantitative estimate of drug-likeness (QED) is 0.0923. The summed E-state index contributed by atoms with van der Waals surface area (Å²) in [5.41, 5.74) is -1.85. The first-order chi connectivity index (χ1) is 16.9. The van der Waals surface area contributed by atoms with Gasteiger partial charge in [-0.05, 0) is 31.9 Å². The van der Waals surface area contributed by atoms with Gasteiger partial charge in [0.25, 0.3) is 0 Å². The van der Waals surface area contributed by atoms with Crippen LogP contribution in [-0.2, 0) is 20.5 Å². The van der Waals surface area contributed by atoms with Gasteiger partial charge in [-0.1, -0.05) is 82.2 Å². The second-order valence-corrected chi connectivity index (χ2v) is 11.8. The summed E-state index contributed by atoms with van der Waals surface area (Å²) in [7, 11) is -5.20. The molecule has 1 rings (SSSR count). The second-order valence-electron chi connectivity index (χ2n) is 8.83. The molecule has 3 N–H and O–H groups in total. The number of esters is 1. The molecule has 0 aromatic heterocycles. The molecule has 0 bridgehead atoms. The molecule has 0 radical (unpaired) electrons. The summed E-state index contributed by atoms with van der Waals surface area (Å²) in [6, 6.07) is 4.09. The lowest BCUT2D eigenvalue weighted by molar-refractivity contribution is -0.111. The molecule has 9 nitrogen and oxygen atoms in total. The second kappa shape index (κ2) is 16.2. The van der Waals surface area contributed by atoms with Crippen molar-refractivity contribution < 1.29 is 43.3 Å². The Bertz CT molecular complexity index is 911. The van der Waals surface area contributed by atoms with Crippen molar-refractivity contribution in [2.75, 3.05) is 6.61 Å². The van der Waals surface area contributed by atoms with Crippen LogP contribution in [0.15, 0.2) is 18.2 Å². The largest absolute Gasteiger partial charge is 0.462 e. The van der Waals surface area contributed by atoms with Gasteiger partial charge in [0, 0.05) is 12.8 Å². The van der Waals surface area contributed by atoms with Crippen LogP contribution >= 0.6 is 19.4 Å². The maximum absolute atomic E-state index is 12.6. The van der Waals surface area contributed by atoms with Gasteiger partial charge in [-0.25, -0.2) is 14.2 Å². The summed E-state index contributed by atoms with van der Waals surface area (Å²) in [6.45, 7) is 5.20. The average Bonchev–Trinajstić information content (AvgIpc) is 2.77.